The van der Waals surface area contributed by atoms with Crippen molar-refractivity contribution in [2.45, 2.75) is 0 Å². The Hall–Kier alpha value is -1.62. The average Bonchev–Trinajstić information content (AvgIpc) is 2.44. The van der Waals surface area contributed by atoms with Gasteiger partial charge in [-0.2, -0.15) is 0 Å². The van der Waals surface area contributed by atoms with E-state index in [1.54, 1.807) is 0 Å². The summed E-state index contributed by atoms with van der Waals surface area (Å²) in [6.45, 7) is 0. The zero-order valence-electron chi connectivity index (χ0n) is 9.77. The number of aldehydes is 1. The lowest BCUT2D eigenvalue weighted by Gasteiger charge is -2.07. The van der Waals surface area contributed by atoms with Crippen molar-refractivity contribution in [3.05, 3.63) is 56.8 Å². The first-order valence-corrected chi connectivity index (χ1v) is 6.43. The smallest absolute Gasteiger partial charge is 0.362 e. The number of rotatable bonds is 3. The first-order valence-electron chi connectivity index (χ1n) is 5.30. The number of esters is 1. The fourth-order valence-electron chi connectivity index (χ4n) is 1.37. The Morgan fingerprint density at radius 3 is 2.50 bits per heavy atom. The summed E-state index contributed by atoms with van der Waals surface area (Å²) in [6.07, 6.45) is 0.531. The van der Waals surface area contributed by atoms with E-state index in [0.717, 1.165) is 0 Å². The number of carbonyl (C=O) groups excluding carboxylic acids is 2. The number of halogens is 3. The maximum absolute atomic E-state index is 11.9. The third-order valence-corrected chi connectivity index (χ3v) is 3.30. The fraction of sp³-hybridized carbons (Fsp3) is 0. The quantitative estimate of drug-likeness (QED) is 0.368. The molecule has 0 N–H and O–H groups in total. The van der Waals surface area contributed by atoms with Crippen LogP contribution in [-0.2, 0) is 0 Å². The summed E-state index contributed by atoms with van der Waals surface area (Å²) in [5.41, 5.74) is 0.108. The van der Waals surface area contributed by atoms with E-state index in [1.165, 1.54) is 30.3 Å². The molecule has 102 valence electrons. The fourth-order valence-corrected chi connectivity index (χ4v) is 1.94. The number of aromatic nitrogens is 1. The molecule has 4 nitrogen and oxygen atoms in total. The van der Waals surface area contributed by atoms with Gasteiger partial charge in [0.2, 0.25) is 0 Å². The second-order valence-electron chi connectivity index (χ2n) is 3.65. The third kappa shape index (κ3) is 3.28. The summed E-state index contributed by atoms with van der Waals surface area (Å²) in [6, 6.07) is 7.09. The summed E-state index contributed by atoms with van der Waals surface area (Å²) >= 11 is 17.5. The lowest BCUT2D eigenvalue weighted by molar-refractivity contribution is 0.0728. The number of carbonyl (C=O) groups is 2. The zero-order valence-corrected chi connectivity index (χ0v) is 12.0. The van der Waals surface area contributed by atoms with Gasteiger partial charge in [-0.1, -0.05) is 40.9 Å². The molecule has 1 heterocycles. The summed E-state index contributed by atoms with van der Waals surface area (Å²) in [5.74, 6) is -0.696. The van der Waals surface area contributed by atoms with Crippen LogP contribution < -0.4 is 4.74 Å². The highest BCUT2D eigenvalue weighted by molar-refractivity contribution is 6.43. The van der Waals surface area contributed by atoms with Crippen LogP contribution in [0.4, 0.5) is 0 Å². The number of nitrogens with zero attached hydrogens (tertiary/aromatic N) is 1. The highest BCUT2D eigenvalue weighted by atomic mass is 35.5. The van der Waals surface area contributed by atoms with Gasteiger partial charge in [0.15, 0.2) is 12.0 Å². The van der Waals surface area contributed by atoms with Gasteiger partial charge in [0.25, 0.3) is 0 Å². The van der Waals surface area contributed by atoms with Crippen LogP contribution >= 0.6 is 34.8 Å². The van der Waals surface area contributed by atoms with Crippen molar-refractivity contribution in [3.8, 4) is 5.75 Å². The summed E-state index contributed by atoms with van der Waals surface area (Å²) in [5, 5.41) is 0.588. The van der Waals surface area contributed by atoms with Gasteiger partial charge >= 0.3 is 5.97 Å². The van der Waals surface area contributed by atoms with Gasteiger partial charge in [0.1, 0.15) is 11.4 Å². The molecule has 2 aromatic rings. The molecule has 0 aliphatic rings. The lowest BCUT2D eigenvalue weighted by atomic mass is 10.3. The minimum Gasteiger partial charge on any atom is -0.420 e. The Balaban J connectivity index is 2.27. The van der Waals surface area contributed by atoms with Gasteiger partial charge in [-0.05, 0) is 18.2 Å². The minimum atomic E-state index is -0.756. The van der Waals surface area contributed by atoms with Crippen molar-refractivity contribution in [2.75, 3.05) is 0 Å². The van der Waals surface area contributed by atoms with E-state index in [9.17, 15) is 9.59 Å². The van der Waals surface area contributed by atoms with Crippen molar-refractivity contribution < 1.29 is 14.3 Å². The van der Waals surface area contributed by atoms with Crippen LogP contribution in [0.1, 0.15) is 21.0 Å². The number of ether oxygens (including phenoxy) is 1. The van der Waals surface area contributed by atoms with Gasteiger partial charge in [-0.25, -0.2) is 9.78 Å². The lowest BCUT2D eigenvalue weighted by Crippen LogP contribution is -2.11. The van der Waals surface area contributed by atoms with Gasteiger partial charge in [0.05, 0.1) is 15.1 Å². The predicted molar refractivity (Wildman–Crippen MR) is 76.1 cm³/mol. The molecular weight excluding hydrogens is 325 g/mol. The topological polar surface area (TPSA) is 56.3 Å². The second-order valence-corrected chi connectivity index (χ2v) is 4.87. The molecule has 0 spiro atoms. The molecule has 2 rings (SSSR count). The maximum atomic E-state index is 11.9. The number of hydrogen-bond acceptors (Lipinski definition) is 4. The van der Waals surface area contributed by atoms with Gasteiger partial charge in [-0.3, -0.25) is 4.79 Å². The molecule has 0 unspecified atom stereocenters. The van der Waals surface area contributed by atoms with Crippen LogP contribution in [0.5, 0.6) is 5.75 Å². The molecule has 0 fully saturated rings. The van der Waals surface area contributed by atoms with E-state index in [1.807, 2.05) is 0 Å². The summed E-state index contributed by atoms with van der Waals surface area (Å²) in [4.78, 5) is 26.3. The molecule has 1 aromatic carbocycles. The van der Waals surface area contributed by atoms with Crippen LogP contribution in [0.3, 0.4) is 0 Å². The van der Waals surface area contributed by atoms with Crippen LogP contribution in [0.2, 0.25) is 15.1 Å². The van der Waals surface area contributed by atoms with Crippen LogP contribution in [-0.4, -0.2) is 17.2 Å². The standard InChI is InChI=1S/C13H6Cl3NO3/c14-8-4-10(16)12(5-9(8)15)20-13(19)11-3-1-2-7(6-18)17-11/h1-6H. The molecule has 0 aliphatic heterocycles. The summed E-state index contributed by atoms with van der Waals surface area (Å²) in [7, 11) is 0. The van der Waals surface area contributed by atoms with Crippen LogP contribution in [0, 0.1) is 0 Å². The van der Waals surface area contributed by atoms with Crippen molar-refractivity contribution in [2.24, 2.45) is 0 Å². The van der Waals surface area contributed by atoms with E-state index in [0.29, 0.717) is 6.29 Å². The molecule has 0 aliphatic carbocycles. The van der Waals surface area contributed by atoms with Crippen molar-refractivity contribution in [1.29, 1.82) is 0 Å². The molecule has 0 saturated carbocycles. The molecule has 0 amide bonds. The molecule has 7 heteroatoms. The number of hydrogen-bond donors (Lipinski definition) is 0. The van der Waals surface area contributed by atoms with Gasteiger partial charge in [-0.15, -0.1) is 0 Å². The second kappa shape index (κ2) is 6.22. The minimum absolute atomic E-state index is 0.0169. The molecular formula is C13H6Cl3NO3. The number of pyridine rings is 1. The van der Waals surface area contributed by atoms with E-state index in [-0.39, 0.29) is 32.2 Å². The predicted octanol–water partition coefficient (Wildman–Crippen LogP) is 4.07. The highest BCUT2D eigenvalue weighted by Gasteiger charge is 2.14. The average molecular weight is 331 g/mol. The van der Waals surface area contributed by atoms with E-state index < -0.39 is 5.97 Å². The van der Waals surface area contributed by atoms with E-state index in [2.05, 4.69) is 4.98 Å². The maximum Gasteiger partial charge on any atom is 0.362 e. The Morgan fingerprint density at radius 2 is 1.80 bits per heavy atom. The van der Waals surface area contributed by atoms with Crippen molar-refractivity contribution >= 4 is 47.1 Å². The number of benzene rings is 1. The summed E-state index contributed by atoms with van der Waals surface area (Å²) < 4.78 is 5.07. The van der Waals surface area contributed by atoms with Crippen molar-refractivity contribution in [1.82, 2.24) is 4.98 Å². The molecule has 20 heavy (non-hydrogen) atoms. The Labute approximate surface area is 129 Å². The molecule has 1 aromatic heterocycles. The monoisotopic (exact) mass is 329 g/mol. The zero-order chi connectivity index (χ0) is 14.7. The van der Waals surface area contributed by atoms with Crippen LogP contribution in [0.15, 0.2) is 30.3 Å². The van der Waals surface area contributed by atoms with Crippen molar-refractivity contribution in [3.63, 3.8) is 0 Å². The molecule has 0 bridgehead atoms. The largest absolute Gasteiger partial charge is 0.420 e. The Morgan fingerprint density at radius 1 is 1.10 bits per heavy atom. The normalized spacial score (nSPS) is 10.2. The van der Waals surface area contributed by atoms with E-state index in [4.69, 9.17) is 39.5 Å². The van der Waals surface area contributed by atoms with Gasteiger partial charge in [0, 0.05) is 6.07 Å². The third-order valence-electron chi connectivity index (χ3n) is 2.28. The Bertz CT molecular complexity index is 689. The first kappa shape index (κ1) is 14.8. The highest BCUT2D eigenvalue weighted by Crippen LogP contribution is 2.34. The molecule has 0 saturated heterocycles. The van der Waals surface area contributed by atoms with E-state index >= 15 is 0 Å². The first-order chi connectivity index (χ1) is 9.51. The Kier molecular flexibility index (Phi) is 4.60. The molecule has 0 radical (unpaired) electrons. The van der Waals surface area contributed by atoms with Crippen LogP contribution in [0.25, 0.3) is 0 Å². The molecule has 0 atom stereocenters. The SMILES string of the molecule is O=Cc1cccc(C(=O)Oc2cc(Cl)c(Cl)cc2Cl)n1. The van der Waals surface area contributed by atoms with Gasteiger partial charge < -0.3 is 4.74 Å².